The summed E-state index contributed by atoms with van der Waals surface area (Å²) in [7, 11) is 0. The van der Waals surface area contributed by atoms with Crippen molar-refractivity contribution in [2.75, 3.05) is 10.6 Å². The maximum atomic E-state index is 12.6. The highest BCUT2D eigenvalue weighted by molar-refractivity contribution is 8.00. The van der Waals surface area contributed by atoms with Crippen LogP contribution in [0.5, 0.6) is 0 Å². The number of carbonyl (C=O) groups excluding carboxylic acids is 2. The van der Waals surface area contributed by atoms with Gasteiger partial charge in [-0.25, -0.2) is 0 Å². The van der Waals surface area contributed by atoms with E-state index in [-0.39, 0.29) is 23.0 Å². The Morgan fingerprint density at radius 1 is 0.931 bits per heavy atom. The molecule has 3 rings (SSSR count). The maximum absolute atomic E-state index is 12.6. The third kappa shape index (κ3) is 5.86. The highest BCUT2D eigenvalue weighted by Gasteiger charge is 2.21. The van der Waals surface area contributed by atoms with Gasteiger partial charge in [0.1, 0.15) is 0 Å². The molecule has 29 heavy (non-hydrogen) atoms. The van der Waals surface area contributed by atoms with Crippen LogP contribution in [0.15, 0.2) is 47.4 Å². The minimum absolute atomic E-state index is 0.0120. The van der Waals surface area contributed by atoms with Crippen molar-refractivity contribution in [3.05, 3.63) is 53.6 Å². The van der Waals surface area contributed by atoms with Gasteiger partial charge in [-0.1, -0.05) is 37.5 Å². The summed E-state index contributed by atoms with van der Waals surface area (Å²) in [4.78, 5) is 26.0. The van der Waals surface area contributed by atoms with Crippen molar-refractivity contribution in [1.29, 1.82) is 0 Å². The quantitative estimate of drug-likeness (QED) is 0.579. The predicted octanol–water partition coefficient (Wildman–Crippen LogP) is 5.94. The normalized spacial score (nSPS) is 15.6. The molecule has 0 saturated heterocycles. The summed E-state index contributed by atoms with van der Waals surface area (Å²) in [6.07, 6.45) is 5.52. The fourth-order valence-electron chi connectivity index (χ4n) is 3.72. The molecule has 1 saturated carbocycles. The molecule has 0 heterocycles. The van der Waals surface area contributed by atoms with Crippen molar-refractivity contribution < 1.29 is 9.59 Å². The fraction of sp³-hybridized carbons (Fsp3) is 0.417. The van der Waals surface area contributed by atoms with Gasteiger partial charge in [0, 0.05) is 22.2 Å². The van der Waals surface area contributed by atoms with Gasteiger partial charge >= 0.3 is 0 Å². The van der Waals surface area contributed by atoms with Crippen molar-refractivity contribution in [2.24, 2.45) is 5.92 Å². The molecule has 154 valence electrons. The van der Waals surface area contributed by atoms with Crippen molar-refractivity contribution in [2.45, 2.75) is 63.0 Å². The molecule has 1 aliphatic carbocycles. The Bertz CT molecular complexity index is 837. The molecule has 1 fully saturated rings. The molecule has 0 radical (unpaired) electrons. The van der Waals surface area contributed by atoms with Gasteiger partial charge in [-0.15, -0.1) is 11.8 Å². The Morgan fingerprint density at radius 3 is 2.17 bits per heavy atom. The smallest absolute Gasteiger partial charge is 0.237 e. The van der Waals surface area contributed by atoms with E-state index in [1.54, 1.807) is 0 Å². The summed E-state index contributed by atoms with van der Waals surface area (Å²) < 4.78 is 0. The Morgan fingerprint density at radius 2 is 1.55 bits per heavy atom. The minimum Gasteiger partial charge on any atom is -0.326 e. The molecular weight excluding hydrogens is 380 g/mol. The van der Waals surface area contributed by atoms with Crippen LogP contribution in [0, 0.1) is 19.8 Å². The van der Waals surface area contributed by atoms with Crippen LogP contribution >= 0.6 is 11.8 Å². The summed E-state index contributed by atoms with van der Waals surface area (Å²) in [5, 5.41) is 5.86. The van der Waals surface area contributed by atoms with Gasteiger partial charge < -0.3 is 10.6 Å². The van der Waals surface area contributed by atoms with E-state index in [2.05, 4.69) is 10.6 Å². The van der Waals surface area contributed by atoms with Crippen LogP contribution in [0.3, 0.4) is 0 Å². The summed E-state index contributed by atoms with van der Waals surface area (Å²) in [5.41, 5.74) is 3.84. The molecule has 0 aromatic heterocycles. The lowest BCUT2D eigenvalue weighted by Gasteiger charge is -2.20. The van der Waals surface area contributed by atoms with Crippen molar-refractivity contribution in [3.63, 3.8) is 0 Å². The van der Waals surface area contributed by atoms with Crippen LogP contribution in [0.1, 0.15) is 50.2 Å². The zero-order valence-corrected chi connectivity index (χ0v) is 18.3. The molecule has 5 heteroatoms. The van der Waals surface area contributed by atoms with E-state index in [0.717, 1.165) is 53.1 Å². The number of carbonyl (C=O) groups is 2. The van der Waals surface area contributed by atoms with E-state index in [1.807, 2.05) is 63.2 Å². The van der Waals surface area contributed by atoms with Gasteiger partial charge in [0.25, 0.3) is 0 Å². The number of thioether (sulfide) groups is 1. The predicted molar refractivity (Wildman–Crippen MR) is 122 cm³/mol. The van der Waals surface area contributed by atoms with Gasteiger partial charge in [0.2, 0.25) is 11.8 Å². The van der Waals surface area contributed by atoms with Crippen LogP contribution in [0.25, 0.3) is 0 Å². The lowest BCUT2D eigenvalue weighted by atomic mass is 9.88. The number of hydrogen-bond donors (Lipinski definition) is 2. The van der Waals surface area contributed by atoms with Gasteiger partial charge in [-0.2, -0.15) is 0 Å². The molecule has 2 aromatic rings. The largest absolute Gasteiger partial charge is 0.326 e. The first-order valence-corrected chi connectivity index (χ1v) is 11.3. The molecule has 0 bridgehead atoms. The first kappa shape index (κ1) is 21.4. The van der Waals surface area contributed by atoms with E-state index in [4.69, 9.17) is 0 Å². The van der Waals surface area contributed by atoms with Crippen LogP contribution in [0.2, 0.25) is 0 Å². The summed E-state index contributed by atoms with van der Waals surface area (Å²) in [6.45, 7) is 5.91. The number of rotatable bonds is 6. The molecular formula is C24H30N2O2S. The second-order valence-electron chi connectivity index (χ2n) is 7.86. The zero-order chi connectivity index (χ0) is 20.8. The molecule has 2 amide bonds. The van der Waals surface area contributed by atoms with Gasteiger partial charge in [-0.05, 0) is 69.0 Å². The first-order valence-electron chi connectivity index (χ1n) is 10.4. The number of aryl methyl sites for hydroxylation is 2. The minimum atomic E-state index is -0.225. The van der Waals surface area contributed by atoms with E-state index in [9.17, 15) is 9.59 Å². The Balaban J connectivity index is 1.54. The summed E-state index contributed by atoms with van der Waals surface area (Å²) in [5.74, 6) is 0.264. The third-order valence-electron chi connectivity index (χ3n) is 5.51. The number of nitrogens with one attached hydrogen (secondary N) is 2. The zero-order valence-electron chi connectivity index (χ0n) is 17.5. The van der Waals surface area contributed by atoms with E-state index in [0.29, 0.717) is 0 Å². The van der Waals surface area contributed by atoms with Crippen molar-refractivity contribution in [3.8, 4) is 0 Å². The lowest BCUT2D eigenvalue weighted by Crippen LogP contribution is -2.24. The first-order chi connectivity index (χ1) is 13.9. The van der Waals surface area contributed by atoms with E-state index in [1.165, 1.54) is 18.2 Å². The lowest BCUT2D eigenvalue weighted by molar-refractivity contribution is -0.120. The van der Waals surface area contributed by atoms with Crippen LogP contribution < -0.4 is 10.6 Å². The average molecular weight is 411 g/mol. The molecule has 2 N–H and O–H groups in total. The number of hydrogen-bond acceptors (Lipinski definition) is 3. The number of benzene rings is 2. The van der Waals surface area contributed by atoms with Gasteiger partial charge in [0.15, 0.2) is 0 Å². The Labute approximate surface area is 177 Å². The monoisotopic (exact) mass is 410 g/mol. The van der Waals surface area contributed by atoms with E-state index >= 15 is 0 Å². The van der Waals surface area contributed by atoms with Crippen molar-refractivity contribution in [1.82, 2.24) is 0 Å². The van der Waals surface area contributed by atoms with Crippen LogP contribution in [-0.2, 0) is 9.59 Å². The third-order valence-corrected chi connectivity index (χ3v) is 6.62. The maximum Gasteiger partial charge on any atom is 0.237 e. The number of anilines is 2. The second-order valence-corrected chi connectivity index (χ2v) is 9.28. The number of para-hydroxylation sites is 1. The molecule has 1 unspecified atom stereocenters. The van der Waals surface area contributed by atoms with Crippen LogP contribution in [0.4, 0.5) is 11.4 Å². The fourth-order valence-corrected chi connectivity index (χ4v) is 4.59. The van der Waals surface area contributed by atoms with Crippen LogP contribution in [-0.4, -0.2) is 17.1 Å². The topological polar surface area (TPSA) is 58.2 Å². The molecule has 4 nitrogen and oxygen atoms in total. The standard InChI is InChI=1S/C24H30N2O2S/c1-16-8-7-9-17(2)22(16)26-23(27)18(3)29-21-14-12-20(13-15-21)25-24(28)19-10-5-4-6-11-19/h7-9,12-15,18-19H,4-6,10-11H2,1-3H3,(H,25,28)(H,26,27). The Kier molecular flexibility index (Phi) is 7.37. The SMILES string of the molecule is Cc1cccc(C)c1NC(=O)C(C)Sc1ccc(NC(=O)C2CCCCC2)cc1. The highest BCUT2D eigenvalue weighted by Crippen LogP contribution is 2.28. The molecule has 0 spiro atoms. The summed E-state index contributed by atoms with van der Waals surface area (Å²) >= 11 is 1.51. The molecule has 2 aromatic carbocycles. The average Bonchev–Trinajstić information content (AvgIpc) is 2.72. The second kappa shape index (κ2) is 9.97. The molecule has 0 aliphatic heterocycles. The van der Waals surface area contributed by atoms with Crippen molar-refractivity contribution >= 4 is 35.0 Å². The molecule has 1 atom stereocenters. The van der Waals surface area contributed by atoms with E-state index < -0.39 is 0 Å². The van der Waals surface area contributed by atoms with Gasteiger partial charge in [-0.3, -0.25) is 9.59 Å². The number of amides is 2. The highest BCUT2D eigenvalue weighted by atomic mass is 32.2. The molecule has 1 aliphatic rings. The van der Waals surface area contributed by atoms with Gasteiger partial charge in [0.05, 0.1) is 5.25 Å². The Hall–Kier alpha value is -2.27. The summed E-state index contributed by atoms with van der Waals surface area (Å²) in [6, 6.07) is 13.8.